The van der Waals surface area contributed by atoms with Crippen LogP contribution in [0.25, 0.3) is 0 Å². The predicted octanol–water partition coefficient (Wildman–Crippen LogP) is 2.79. The monoisotopic (exact) mass is 222 g/mol. The van der Waals surface area contributed by atoms with Crippen LogP contribution in [-0.4, -0.2) is 11.5 Å². The van der Waals surface area contributed by atoms with Crippen molar-refractivity contribution in [2.75, 3.05) is 6.54 Å². The van der Waals surface area contributed by atoms with Crippen LogP contribution in [0.3, 0.4) is 0 Å². The topological polar surface area (TPSA) is 55.2 Å². The third-order valence-corrected chi connectivity index (χ3v) is 2.64. The second-order valence-corrected chi connectivity index (χ2v) is 3.85. The second kappa shape index (κ2) is 6.23. The van der Waals surface area contributed by atoms with Gasteiger partial charge in [0.1, 0.15) is 0 Å². The Morgan fingerprint density at radius 2 is 2.19 bits per heavy atom. The summed E-state index contributed by atoms with van der Waals surface area (Å²) in [5, 5.41) is 14.0. The van der Waals surface area contributed by atoms with Gasteiger partial charge in [0.2, 0.25) is 0 Å². The maximum Gasteiger partial charge on any atom is 0.272 e. The first-order chi connectivity index (χ1) is 7.66. The lowest BCUT2D eigenvalue weighted by Crippen LogP contribution is -2.15. The van der Waals surface area contributed by atoms with Gasteiger partial charge in [-0.15, -0.1) is 0 Å². The summed E-state index contributed by atoms with van der Waals surface area (Å²) in [4.78, 5) is 10.4. The molecule has 1 N–H and O–H groups in total. The molecule has 4 nitrogen and oxygen atoms in total. The van der Waals surface area contributed by atoms with Crippen molar-refractivity contribution < 1.29 is 4.92 Å². The molecule has 0 amide bonds. The summed E-state index contributed by atoms with van der Waals surface area (Å²) in [6, 6.07) is 5.22. The molecule has 0 spiro atoms. The summed E-state index contributed by atoms with van der Waals surface area (Å²) < 4.78 is 0. The molecule has 0 fully saturated rings. The van der Waals surface area contributed by atoms with Crippen LogP contribution in [0.4, 0.5) is 5.69 Å². The van der Waals surface area contributed by atoms with Gasteiger partial charge >= 0.3 is 0 Å². The van der Waals surface area contributed by atoms with Crippen molar-refractivity contribution in [1.29, 1.82) is 0 Å². The van der Waals surface area contributed by atoms with E-state index in [-0.39, 0.29) is 10.6 Å². The highest BCUT2D eigenvalue weighted by atomic mass is 16.6. The first kappa shape index (κ1) is 12.6. The van der Waals surface area contributed by atoms with E-state index >= 15 is 0 Å². The number of hydrogen-bond acceptors (Lipinski definition) is 3. The van der Waals surface area contributed by atoms with Crippen molar-refractivity contribution in [2.24, 2.45) is 0 Å². The van der Waals surface area contributed by atoms with Gasteiger partial charge in [-0.25, -0.2) is 0 Å². The van der Waals surface area contributed by atoms with Crippen LogP contribution in [0.5, 0.6) is 0 Å². The van der Waals surface area contributed by atoms with Crippen LogP contribution >= 0.6 is 0 Å². The van der Waals surface area contributed by atoms with Gasteiger partial charge < -0.3 is 5.32 Å². The number of nitrogens with zero attached hydrogens (tertiary/aromatic N) is 1. The maximum absolute atomic E-state index is 10.7. The van der Waals surface area contributed by atoms with Crippen molar-refractivity contribution in [1.82, 2.24) is 5.32 Å². The molecular formula is C12H18N2O2. The fraction of sp³-hybridized carbons (Fsp3) is 0.500. The highest BCUT2D eigenvalue weighted by Gasteiger charge is 2.12. The van der Waals surface area contributed by atoms with Gasteiger partial charge in [-0.05, 0) is 25.5 Å². The van der Waals surface area contributed by atoms with Gasteiger partial charge in [0.05, 0.1) is 4.92 Å². The molecule has 0 aromatic heterocycles. The van der Waals surface area contributed by atoms with Crippen LogP contribution in [0.15, 0.2) is 18.2 Å². The first-order valence-electron chi connectivity index (χ1n) is 5.60. The molecule has 88 valence electrons. The van der Waals surface area contributed by atoms with Crippen LogP contribution in [0.2, 0.25) is 0 Å². The van der Waals surface area contributed by atoms with E-state index < -0.39 is 0 Å². The van der Waals surface area contributed by atoms with E-state index in [0.29, 0.717) is 6.54 Å². The molecule has 0 bridgehead atoms. The first-order valence-corrected chi connectivity index (χ1v) is 5.60. The summed E-state index contributed by atoms with van der Waals surface area (Å²) in [5.74, 6) is 0. The van der Waals surface area contributed by atoms with Crippen molar-refractivity contribution >= 4 is 5.69 Å². The number of nitrogens with one attached hydrogen (secondary N) is 1. The Morgan fingerprint density at radius 3 is 2.81 bits per heavy atom. The SMILES string of the molecule is CCCCNCc1cccc([N+](=O)[O-])c1C. The van der Waals surface area contributed by atoms with Gasteiger partial charge in [0.15, 0.2) is 0 Å². The quantitative estimate of drug-likeness (QED) is 0.457. The van der Waals surface area contributed by atoms with Crippen molar-refractivity contribution in [2.45, 2.75) is 33.2 Å². The summed E-state index contributed by atoms with van der Waals surface area (Å²) in [6.07, 6.45) is 2.29. The lowest BCUT2D eigenvalue weighted by atomic mass is 10.1. The Hall–Kier alpha value is -1.42. The minimum atomic E-state index is -0.328. The molecule has 0 heterocycles. The Labute approximate surface area is 95.8 Å². The Morgan fingerprint density at radius 1 is 1.44 bits per heavy atom. The van der Waals surface area contributed by atoms with E-state index in [0.717, 1.165) is 30.5 Å². The molecule has 4 heteroatoms. The molecule has 0 unspecified atom stereocenters. The average molecular weight is 222 g/mol. The normalized spacial score (nSPS) is 10.4. The van der Waals surface area contributed by atoms with E-state index in [1.807, 2.05) is 6.07 Å². The van der Waals surface area contributed by atoms with Crippen molar-refractivity contribution in [3.05, 3.63) is 39.4 Å². The fourth-order valence-corrected chi connectivity index (χ4v) is 1.58. The molecule has 0 atom stereocenters. The number of unbranched alkanes of at least 4 members (excludes halogenated alkanes) is 1. The van der Waals surface area contributed by atoms with Gasteiger partial charge in [0, 0.05) is 18.2 Å². The van der Waals surface area contributed by atoms with E-state index in [9.17, 15) is 10.1 Å². The van der Waals surface area contributed by atoms with Crippen molar-refractivity contribution in [3.8, 4) is 0 Å². The Kier molecular flexibility index (Phi) is 4.92. The Balaban J connectivity index is 2.66. The number of hydrogen-bond donors (Lipinski definition) is 1. The van der Waals surface area contributed by atoms with E-state index in [4.69, 9.17) is 0 Å². The minimum absolute atomic E-state index is 0.204. The third-order valence-electron chi connectivity index (χ3n) is 2.64. The minimum Gasteiger partial charge on any atom is -0.313 e. The molecule has 1 rings (SSSR count). The largest absolute Gasteiger partial charge is 0.313 e. The van der Waals surface area contributed by atoms with E-state index in [1.54, 1.807) is 19.1 Å². The second-order valence-electron chi connectivity index (χ2n) is 3.85. The van der Waals surface area contributed by atoms with Crippen LogP contribution in [0.1, 0.15) is 30.9 Å². The molecule has 0 radical (unpaired) electrons. The number of benzene rings is 1. The number of nitro groups is 1. The molecule has 0 saturated heterocycles. The molecular weight excluding hydrogens is 204 g/mol. The third kappa shape index (κ3) is 3.31. The van der Waals surface area contributed by atoms with Crippen LogP contribution in [-0.2, 0) is 6.54 Å². The van der Waals surface area contributed by atoms with Crippen LogP contribution in [0, 0.1) is 17.0 Å². The zero-order valence-corrected chi connectivity index (χ0v) is 9.82. The molecule has 1 aromatic rings. The van der Waals surface area contributed by atoms with E-state index in [1.165, 1.54) is 0 Å². The van der Waals surface area contributed by atoms with Crippen molar-refractivity contribution in [3.63, 3.8) is 0 Å². The van der Waals surface area contributed by atoms with Gasteiger partial charge in [-0.1, -0.05) is 25.5 Å². The average Bonchev–Trinajstić information content (AvgIpc) is 2.26. The number of rotatable bonds is 6. The fourth-order valence-electron chi connectivity index (χ4n) is 1.58. The summed E-state index contributed by atoms with van der Waals surface area (Å²) in [5.41, 5.74) is 1.97. The zero-order chi connectivity index (χ0) is 12.0. The lowest BCUT2D eigenvalue weighted by Gasteiger charge is -2.07. The van der Waals surface area contributed by atoms with Crippen LogP contribution < -0.4 is 5.32 Å². The molecule has 0 aliphatic heterocycles. The summed E-state index contributed by atoms with van der Waals surface area (Å²) in [6.45, 7) is 5.60. The van der Waals surface area contributed by atoms with E-state index in [2.05, 4.69) is 12.2 Å². The smallest absolute Gasteiger partial charge is 0.272 e. The van der Waals surface area contributed by atoms with Gasteiger partial charge in [-0.3, -0.25) is 10.1 Å². The maximum atomic E-state index is 10.7. The zero-order valence-electron chi connectivity index (χ0n) is 9.82. The number of nitro benzene ring substituents is 1. The Bertz CT molecular complexity index is 364. The molecule has 0 aliphatic carbocycles. The molecule has 0 saturated carbocycles. The highest BCUT2D eigenvalue weighted by molar-refractivity contribution is 5.44. The summed E-state index contributed by atoms with van der Waals surface area (Å²) >= 11 is 0. The summed E-state index contributed by atoms with van der Waals surface area (Å²) in [7, 11) is 0. The molecule has 16 heavy (non-hydrogen) atoms. The standard InChI is InChI=1S/C12H18N2O2/c1-3-4-8-13-9-11-6-5-7-12(10(11)2)14(15)16/h5-7,13H,3-4,8-9H2,1-2H3. The predicted molar refractivity (Wildman–Crippen MR) is 64.4 cm³/mol. The van der Waals surface area contributed by atoms with Gasteiger partial charge in [-0.2, -0.15) is 0 Å². The molecule has 0 aliphatic rings. The lowest BCUT2D eigenvalue weighted by molar-refractivity contribution is -0.385. The molecule has 1 aromatic carbocycles. The highest BCUT2D eigenvalue weighted by Crippen LogP contribution is 2.20. The van der Waals surface area contributed by atoms with Gasteiger partial charge in [0.25, 0.3) is 5.69 Å².